The summed E-state index contributed by atoms with van der Waals surface area (Å²) < 4.78 is 41.2. The van der Waals surface area contributed by atoms with E-state index in [0.717, 1.165) is 11.8 Å². The van der Waals surface area contributed by atoms with Crippen molar-refractivity contribution in [2.24, 2.45) is 0 Å². The minimum Gasteiger partial charge on any atom is -0.376 e. The van der Waals surface area contributed by atoms with E-state index in [4.69, 9.17) is 11.6 Å². The van der Waals surface area contributed by atoms with Crippen LogP contribution in [-0.4, -0.2) is 28.4 Å². The molecule has 0 atom stereocenters. The highest BCUT2D eigenvalue weighted by atomic mass is 35.5. The molecule has 2 N–H and O–H groups in total. The van der Waals surface area contributed by atoms with Gasteiger partial charge in [0.1, 0.15) is 5.82 Å². The van der Waals surface area contributed by atoms with E-state index >= 15 is 0 Å². The summed E-state index contributed by atoms with van der Waals surface area (Å²) >= 11 is 6.22. The Kier molecular flexibility index (Phi) is 6.28. The number of hydrogen-bond acceptors (Lipinski definition) is 4. The van der Waals surface area contributed by atoms with Crippen LogP contribution in [0, 0.1) is 5.82 Å². The highest BCUT2D eigenvalue weighted by molar-refractivity contribution is 7.92. The van der Waals surface area contributed by atoms with Crippen LogP contribution < -0.4 is 14.9 Å². The van der Waals surface area contributed by atoms with Gasteiger partial charge in [-0.1, -0.05) is 29.8 Å². The average Bonchev–Trinajstić information content (AvgIpc) is 2.69. The first kappa shape index (κ1) is 21.6. The maximum Gasteiger partial charge on any atom is 0.262 e. The summed E-state index contributed by atoms with van der Waals surface area (Å²) in [5.41, 5.74) is 1.21. The SMILES string of the molecule is CN(C)c1ccc(NC(=O)c2cccc(S(=O)(=O)Nc3ccccc3F)c2)cc1Cl. The number of carbonyl (C=O) groups is 1. The molecule has 0 fully saturated rings. The number of hydrogen-bond donors (Lipinski definition) is 2. The Morgan fingerprint density at radius 3 is 2.40 bits per heavy atom. The van der Waals surface area contributed by atoms with Crippen LogP contribution in [-0.2, 0) is 10.0 Å². The molecule has 0 saturated heterocycles. The Hall–Kier alpha value is -3.10. The minimum atomic E-state index is -4.08. The lowest BCUT2D eigenvalue weighted by molar-refractivity contribution is 0.102. The van der Waals surface area contributed by atoms with Crippen LogP contribution in [0.1, 0.15) is 10.4 Å². The fourth-order valence-corrected chi connectivity index (χ4v) is 4.17. The normalized spacial score (nSPS) is 11.1. The van der Waals surface area contributed by atoms with Gasteiger partial charge in [-0.2, -0.15) is 0 Å². The van der Waals surface area contributed by atoms with Gasteiger partial charge >= 0.3 is 0 Å². The molecule has 1 amide bonds. The summed E-state index contributed by atoms with van der Waals surface area (Å²) in [5, 5.41) is 3.15. The Morgan fingerprint density at radius 1 is 1.00 bits per heavy atom. The lowest BCUT2D eigenvalue weighted by Crippen LogP contribution is -2.16. The molecule has 0 saturated carbocycles. The summed E-state index contributed by atoms with van der Waals surface area (Å²) in [7, 11) is -0.387. The van der Waals surface area contributed by atoms with Crippen molar-refractivity contribution in [2.75, 3.05) is 29.0 Å². The van der Waals surface area contributed by atoms with Crippen LogP contribution in [0.2, 0.25) is 5.02 Å². The van der Waals surface area contributed by atoms with E-state index in [9.17, 15) is 17.6 Å². The Bertz CT molecular complexity index is 1200. The molecular formula is C21H19ClFN3O3S. The molecule has 30 heavy (non-hydrogen) atoms. The number of anilines is 3. The van der Waals surface area contributed by atoms with E-state index in [1.165, 1.54) is 42.5 Å². The fourth-order valence-electron chi connectivity index (χ4n) is 2.70. The number of sulfonamides is 1. The van der Waals surface area contributed by atoms with Crippen molar-refractivity contribution in [2.45, 2.75) is 4.90 Å². The molecule has 0 aliphatic carbocycles. The largest absolute Gasteiger partial charge is 0.376 e. The molecule has 0 heterocycles. The quantitative estimate of drug-likeness (QED) is 0.579. The van der Waals surface area contributed by atoms with Gasteiger partial charge in [0.25, 0.3) is 15.9 Å². The second-order valence-corrected chi connectivity index (χ2v) is 8.72. The zero-order valence-electron chi connectivity index (χ0n) is 16.2. The third-order valence-electron chi connectivity index (χ3n) is 4.21. The van der Waals surface area contributed by atoms with Crippen LogP contribution in [0.15, 0.2) is 71.6 Å². The van der Waals surface area contributed by atoms with Gasteiger partial charge in [0.05, 0.1) is 21.3 Å². The number of carbonyl (C=O) groups excluding carboxylic acids is 1. The number of para-hydroxylation sites is 1. The second kappa shape index (κ2) is 8.73. The Balaban J connectivity index is 1.82. The van der Waals surface area contributed by atoms with Crippen molar-refractivity contribution < 1.29 is 17.6 Å². The predicted octanol–water partition coefficient (Wildman–Crippen LogP) is 4.60. The molecule has 3 aromatic rings. The molecule has 0 aliphatic rings. The Morgan fingerprint density at radius 2 is 1.73 bits per heavy atom. The highest BCUT2D eigenvalue weighted by Crippen LogP contribution is 2.28. The summed E-state index contributed by atoms with van der Waals surface area (Å²) in [6.45, 7) is 0. The lowest BCUT2D eigenvalue weighted by atomic mass is 10.2. The van der Waals surface area contributed by atoms with E-state index < -0.39 is 21.7 Å². The van der Waals surface area contributed by atoms with Crippen molar-refractivity contribution in [1.82, 2.24) is 0 Å². The van der Waals surface area contributed by atoms with E-state index in [2.05, 4.69) is 10.0 Å². The second-order valence-electron chi connectivity index (χ2n) is 6.63. The summed E-state index contributed by atoms with van der Waals surface area (Å²) in [5.74, 6) is -1.21. The number of halogens is 2. The summed E-state index contributed by atoms with van der Waals surface area (Å²) in [6, 6.07) is 15.9. The fraction of sp³-hybridized carbons (Fsp3) is 0.0952. The van der Waals surface area contributed by atoms with E-state index in [1.807, 2.05) is 19.0 Å². The van der Waals surface area contributed by atoms with Crippen molar-refractivity contribution in [3.05, 3.63) is 83.1 Å². The van der Waals surface area contributed by atoms with Crippen molar-refractivity contribution >= 4 is 44.6 Å². The monoisotopic (exact) mass is 447 g/mol. The first-order chi connectivity index (χ1) is 14.2. The lowest BCUT2D eigenvalue weighted by Gasteiger charge is -2.15. The molecule has 6 nitrogen and oxygen atoms in total. The molecule has 0 aromatic heterocycles. The number of benzene rings is 3. The molecule has 156 valence electrons. The molecule has 0 radical (unpaired) electrons. The van der Waals surface area contributed by atoms with E-state index in [0.29, 0.717) is 10.7 Å². The number of nitrogens with one attached hydrogen (secondary N) is 2. The van der Waals surface area contributed by atoms with Crippen LogP contribution in [0.4, 0.5) is 21.5 Å². The van der Waals surface area contributed by atoms with E-state index in [-0.39, 0.29) is 16.1 Å². The number of amides is 1. The first-order valence-corrected chi connectivity index (χ1v) is 10.7. The van der Waals surface area contributed by atoms with Gasteiger partial charge in [-0.3, -0.25) is 9.52 Å². The molecule has 3 rings (SSSR count). The molecule has 0 spiro atoms. The number of rotatable bonds is 6. The van der Waals surface area contributed by atoms with Gasteiger partial charge in [-0.25, -0.2) is 12.8 Å². The van der Waals surface area contributed by atoms with Gasteiger partial charge in [-0.15, -0.1) is 0 Å². The van der Waals surface area contributed by atoms with Gasteiger partial charge in [0, 0.05) is 25.3 Å². The number of nitrogens with zero attached hydrogens (tertiary/aromatic N) is 1. The zero-order chi connectivity index (χ0) is 21.9. The van der Waals surface area contributed by atoms with E-state index in [1.54, 1.807) is 18.2 Å². The highest BCUT2D eigenvalue weighted by Gasteiger charge is 2.18. The summed E-state index contributed by atoms with van der Waals surface area (Å²) in [6.07, 6.45) is 0. The molecule has 3 aromatic carbocycles. The van der Waals surface area contributed by atoms with Crippen LogP contribution >= 0.6 is 11.6 Å². The third kappa shape index (κ3) is 4.90. The maximum atomic E-state index is 13.8. The van der Waals surface area contributed by atoms with Gasteiger partial charge < -0.3 is 10.2 Å². The van der Waals surface area contributed by atoms with Gasteiger partial charge in [0.2, 0.25) is 0 Å². The first-order valence-electron chi connectivity index (χ1n) is 8.83. The molecule has 9 heteroatoms. The molecule has 0 aliphatic heterocycles. The van der Waals surface area contributed by atoms with Crippen LogP contribution in [0.3, 0.4) is 0 Å². The molecule has 0 unspecified atom stereocenters. The topological polar surface area (TPSA) is 78.5 Å². The molecule has 0 bridgehead atoms. The smallest absolute Gasteiger partial charge is 0.262 e. The predicted molar refractivity (Wildman–Crippen MR) is 117 cm³/mol. The average molecular weight is 448 g/mol. The summed E-state index contributed by atoms with van der Waals surface area (Å²) in [4.78, 5) is 14.3. The van der Waals surface area contributed by atoms with Gasteiger partial charge in [0.15, 0.2) is 0 Å². The minimum absolute atomic E-state index is 0.124. The van der Waals surface area contributed by atoms with Crippen molar-refractivity contribution in [1.29, 1.82) is 0 Å². The van der Waals surface area contributed by atoms with Crippen LogP contribution in [0.5, 0.6) is 0 Å². The Labute approximate surface area is 179 Å². The van der Waals surface area contributed by atoms with Crippen molar-refractivity contribution in [3.63, 3.8) is 0 Å². The van der Waals surface area contributed by atoms with Crippen LogP contribution in [0.25, 0.3) is 0 Å². The van der Waals surface area contributed by atoms with Gasteiger partial charge in [-0.05, 0) is 48.5 Å². The maximum absolute atomic E-state index is 13.8. The molecular weight excluding hydrogens is 429 g/mol. The zero-order valence-corrected chi connectivity index (χ0v) is 17.8. The van der Waals surface area contributed by atoms with Crippen molar-refractivity contribution in [3.8, 4) is 0 Å². The standard InChI is InChI=1S/C21H19ClFN3O3S/c1-26(2)20-11-10-15(13-17(20)22)24-21(27)14-6-5-7-16(12-14)30(28,29)25-19-9-4-3-8-18(19)23/h3-13,25H,1-2H3,(H,24,27). The third-order valence-corrected chi connectivity index (χ3v) is 5.88.